The molecule has 0 saturated carbocycles. The minimum Gasteiger partial charge on any atom is -0.440 e. The van der Waals surface area contributed by atoms with E-state index in [2.05, 4.69) is 10.3 Å². The third-order valence-corrected chi connectivity index (χ3v) is 3.81. The lowest BCUT2D eigenvalue weighted by atomic mass is 10.1. The normalized spacial score (nSPS) is 10.6. The van der Waals surface area contributed by atoms with Gasteiger partial charge in [-0.05, 0) is 42.8 Å². The molecule has 106 valence electrons. The minimum absolute atomic E-state index is 0.176. The van der Waals surface area contributed by atoms with Crippen LogP contribution in [0.25, 0.3) is 11.3 Å². The molecule has 1 N–H and O–H groups in total. The van der Waals surface area contributed by atoms with Crippen molar-refractivity contribution in [2.45, 2.75) is 6.92 Å². The number of amides is 1. The second-order valence-corrected chi connectivity index (χ2v) is 5.83. The van der Waals surface area contributed by atoms with Gasteiger partial charge in [0.05, 0.1) is 10.7 Å². The summed E-state index contributed by atoms with van der Waals surface area (Å²) in [6, 6.07) is 10.6. The molecule has 3 rings (SSSR count). The molecule has 1 aromatic carbocycles. The van der Waals surface area contributed by atoms with Gasteiger partial charge in [-0.15, -0.1) is 11.3 Å². The fourth-order valence-electron chi connectivity index (χ4n) is 1.88. The molecular formula is C15H11ClN2O2S. The molecular weight excluding hydrogens is 308 g/mol. The van der Waals surface area contributed by atoms with Crippen molar-refractivity contribution in [2.24, 2.45) is 0 Å². The highest BCUT2D eigenvalue weighted by Gasteiger charge is 2.11. The molecule has 0 aliphatic heterocycles. The van der Waals surface area contributed by atoms with E-state index in [-0.39, 0.29) is 16.9 Å². The molecule has 0 saturated heterocycles. The number of anilines is 1. The zero-order chi connectivity index (χ0) is 14.8. The smallest absolute Gasteiger partial charge is 0.291 e. The average Bonchev–Trinajstić information content (AvgIpc) is 3.08. The van der Waals surface area contributed by atoms with Gasteiger partial charge in [-0.25, -0.2) is 4.98 Å². The Morgan fingerprint density at radius 1 is 1.33 bits per heavy atom. The van der Waals surface area contributed by atoms with Crippen molar-refractivity contribution in [1.82, 2.24) is 4.98 Å². The van der Waals surface area contributed by atoms with Gasteiger partial charge in [-0.3, -0.25) is 4.79 Å². The number of hydrogen-bond donors (Lipinski definition) is 1. The van der Waals surface area contributed by atoms with Gasteiger partial charge in [0, 0.05) is 16.6 Å². The van der Waals surface area contributed by atoms with Crippen molar-refractivity contribution in [1.29, 1.82) is 0 Å². The van der Waals surface area contributed by atoms with Crippen LogP contribution in [0.5, 0.6) is 0 Å². The van der Waals surface area contributed by atoms with Gasteiger partial charge in [0.2, 0.25) is 0 Å². The van der Waals surface area contributed by atoms with Crippen LogP contribution in [0.1, 0.15) is 15.6 Å². The summed E-state index contributed by atoms with van der Waals surface area (Å²) in [4.78, 5) is 16.4. The van der Waals surface area contributed by atoms with Crippen LogP contribution in [0.2, 0.25) is 5.22 Å². The fourth-order valence-corrected chi connectivity index (χ4v) is 2.65. The molecule has 0 bridgehead atoms. The lowest BCUT2D eigenvalue weighted by molar-refractivity contribution is 0.0997. The van der Waals surface area contributed by atoms with Crippen molar-refractivity contribution >= 4 is 34.5 Å². The summed E-state index contributed by atoms with van der Waals surface area (Å²) in [5.74, 6) is -0.164. The molecule has 21 heavy (non-hydrogen) atoms. The van der Waals surface area contributed by atoms with Gasteiger partial charge < -0.3 is 9.73 Å². The summed E-state index contributed by atoms with van der Waals surface area (Å²) >= 11 is 7.25. The lowest BCUT2D eigenvalue weighted by Crippen LogP contribution is -2.10. The summed E-state index contributed by atoms with van der Waals surface area (Å²) in [6.45, 7) is 1.96. The lowest BCUT2D eigenvalue weighted by Gasteiger charge is -2.05. The first-order valence-corrected chi connectivity index (χ1v) is 7.47. The van der Waals surface area contributed by atoms with Crippen LogP contribution in [0.3, 0.4) is 0 Å². The van der Waals surface area contributed by atoms with E-state index in [1.807, 2.05) is 36.6 Å². The van der Waals surface area contributed by atoms with Crippen LogP contribution < -0.4 is 5.32 Å². The summed E-state index contributed by atoms with van der Waals surface area (Å²) < 4.78 is 5.08. The topological polar surface area (TPSA) is 55.1 Å². The van der Waals surface area contributed by atoms with E-state index < -0.39 is 0 Å². The predicted octanol–water partition coefficient (Wildman–Crippen LogP) is 4.62. The van der Waals surface area contributed by atoms with Gasteiger partial charge in [0.15, 0.2) is 11.0 Å². The van der Waals surface area contributed by atoms with Gasteiger partial charge in [-0.1, -0.05) is 12.1 Å². The number of carbonyl (C=O) groups excluding carboxylic acids is 1. The Morgan fingerprint density at radius 2 is 2.19 bits per heavy atom. The zero-order valence-electron chi connectivity index (χ0n) is 11.1. The van der Waals surface area contributed by atoms with E-state index in [9.17, 15) is 4.79 Å². The van der Waals surface area contributed by atoms with Crippen LogP contribution in [0, 0.1) is 6.92 Å². The highest BCUT2D eigenvalue weighted by molar-refractivity contribution is 7.09. The van der Waals surface area contributed by atoms with Crippen LogP contribution in [-0.2, 0) is 0 Å². The Kier molecular flexibility index (Phi) is 3.77. The zero-order valence-corrected chi connectivity index (χ0v) is 12.7. The number of carbonyl (C=O) groups is 1. The number of hydrogen-bond acceptors (Lipinski definition) is 4. The van der Waals surface area contributed by atoms with E-state index in [0.717, 1.165) is 16.3 Å². The van der Waals surface area contributed by atoms with Gasteiger partial charge in [0.25, 0.3) is 5.91 Å². The minimum atomic E-state index is -0.339. The maximum absolute atomic E-state index is 12.0. The maximum atomic E-state index is 12.0. The maximum Gasteiger partial charge on any atom is 0.291 e. The molecule has 2 heterocycles. The molecule has 0 fully saturated rings. The van der Waals surface area contributed by atoms with Crippen molar-refractivity contribution in [3.05, 3.63) is 57.8 Å². The molecule has 6 heteroatoms. The first kappa shape index (κ1) is 13.9. The number of aryl methyl sites for hydroxylation is 1. The first-order chi connectivity index (χ1) is 10.1. The largest absolute Gasteiger partial charge is 0.440 e. The Hall–Kier alpha value is -2.11. The number of nitrogens with one attached hydrogen (secondary N) is 1. The molecule has 4 nitrogen and oxygen atoms in total. The van der Waals surface area contributed by atoms with Crippen molar-refractivity contribution < 1.29 is 9.21 Å². The van der Waals surface area contributed by atoms with E-state index in [4.69, 9.17) is 16.0 Å². The molecule has 1 amide bonds. The summed E-state index contributed by atoms with van der Waals surface area (Å²) in [5, 5.41) is 5.95. The van der Waals surface area contributed by atoms with E-state index in [0.29, 0.717) is 5.69 Å². The number of rotatable bonds is 3. The Bertz CT molecular complexity index is 794. The summed E-state index contributed by atoms with van der Waals surface area (Å²) in [7, 11) is 0. The SMILES string of the molecule is Cc1nc(-c2cccc(NC(=O)c3ccc(Cl)o3)c2)cs1. The van der Waals surface area contributed by atoms with Gasteiger partial charge in [0.1, 0.15) is 0 Å². The molecule has 0 spiro atoms. The van der Waals surface area contributed by atoms with Gasteiger partial charge in [-0.2, -0.15) is 0 Å². The van der Waals surface area contributed by atoms with Crippen LogP contribution in [-0.4, -0.2) is 10.9 Å². The second kappa shape index (κ2) is 5.71. The molecule has 0 atom stereocenters. The molecule has 0 aliphatic rings. The van der Waals surface area contributed by atoms with E-state index >= 15 is 0 Å². The van der Waals surface area contributed by atoms with Crippen molar-refractivity contribution in [2.75, 3.05) is 5.32 Å². The summed E-state index contributed by atoms with van der Waals surface area (Å²) in [5.41, 5.74) is 2.53. The molecule has 2 aromatic heterocycles. The number of aromatic nitrogens is 1. The third-order valence-electron chi connectivity index (χ3n) is 2.83. The first-order valence-electron chi connectivity index (χ1n) is 6.21. The second-order valence-electron chi connectivity index (χ2n) is 4.39. The molecule has 3 aromatic rings. The molecule has 0 unspecified atom stereocenters. The number of thiazole rings is 1. The monoisotopic (exact) mass is 318 g/mol. The summed E-state index contributed by atoms with van der Waals surface area (Å²) in [6.07, 6.45) is 0. The van der Waals surface area contributed by atoms with Crippen molar-refractivity contribution in [3.8, 4) is 11.3 Å². The van der Waals surface area contributed by atoms with Gasteiger partial charge >= 0.3 is 0 Å². The number of benzene rings is 1. The fraction of sp³-hybridized carbons (Fsp3) is 0.0667. The van der Waals surface area contributed by atoms with Crippen LogP contribution in [0.4, 0.5) is 5.69 Å². The van der Waals surface area contributed by atoms with E-state index in [1.165, 1.54) is 12.1 Å². The molecule has 0 radical (unpaired) electrons. The quantitative estimate of drug-likeness (QED) is 0.766. The van der Waals surface area contributed by atoms with Crippen LogP contribution in [0.15, 0.2) is 46.2 Å². The van der Waals surface area contributed by atoms with Crippen LogP contribution >= 0.6 is 22.9 Å². The molecule has 0 aliphatic carbocycles. The van der Waals surface area contributed by atoms with E-state index in [1.54, 1.807) is 11.3 Å². The highest BCUT2D eigenvalue weighted by atomic mass is 35.5. The highest BCUT2D eigenvalue weighted by Crippen LogP contribution is 2.24. The Balaban J connectivity index is 1.82. The number of nitrogens with zero attached hydrogens (tertiary/aromatic N) is 1. The van der Waals surface area contributed by atoms with Crippen molar-refractivity contribution in [3.63, 3.8) is 0 Å². The Labute approximate surface area is 130 Å². The standard InChI is InChI=1S/C15H11ClN2O2S/c1-9-17-12(8-21-9)10-3-2-4-11(7-10)18-15(19)13-5-6-14(16)20-13/h2-8H,1H3,(H,18,19). The third kappa shape index (κ3) is 3.15. The number of halogens is 1. The average molecular weight is 319 g/mol. The predicted molar refractivity (Wildman–Crippen MR) is 84.0 cm³/mol. The number of furan rings is 1. The Morgan fingerprint density at radius 3 is 2.86 bits per heavy atom.